The van der Waals surface area contributed by atoms with E-state index in [-0.39, 0.29) is 5.91 Å². The standard InChI is InChI=1S/C14H13ClN4O/c1-10(18-13-6-5-11(15)9-17-13)8-14(20)19-12-4-2-3-7-16-12/h2-9H,1H3,(H,17,18)(H,16,19,20). The summed E-state index contributed by atoms with van der Waals surface area (Å²) in [6.07, 6.45) is 4.58. The number of carbonyl (C=O) groups is 1. The van der Waals surface area contributed by atoms with E-state index < -0.39 is 0 Å². The summed E-state index contributed by atoms with van der Waals surface area (Å²) in [7, 11) is 0. The van der Waals surface area contributed by atoms with E-state index in [0.29, 0.717) is 22.4 Å². The van der Waals surface area contributed by atoms with Crippen LogP contribution in [0.15, 0.2) is 54.5 Å². The number of carbonyl (C=O) groups excluding carboxylic acids is 1. The molecule has 0 radical (unpaired) electrons. The van der Waals surface area contributed by atoms with Crippen molar-refractivity contribution < 1.29 is 4.79 Å². The van der Waals surface area contributed by atoms with Crippen LogP contribution in [0.4, 0.5) is 11.6 Å². The van der Waals surface area contributed by atoms with Gasteiger partial charge in [0.2, 0.25) is 0 Å². The fourth-order valence-corrected chi connectivity index (χ4v) is 1.60. The van der Waals surface area contributed by atoms with Crippen LogP contribution >= 0.6 is 11.6 Å². The van der Waals surface area contributed by atoms with Crippen LogP contribution in [0.2, 0.25) is 5.02 Å². The number of rotatable bonds is 4. The molecule has 0 saturated heterocycles. The lowest BCUT2D eigenvalue weighted by molar-refractivity contribution is -0.112. The largest absolute Gasteiger partial charge is 0.344 e. The van der Waals surface area contributed by atoms with E-state index in [1.807, 2.05) is 0 Å². The van der Waals surface area contributed by atoms with Gasteiger partial charge in [0, 0.05) is 24.2 Å². The Labute approximate surface area is 121 Å². The third kappa shape index (κ3) is 4.37. The molecule has 0 aliphatic rings. The molecule has 0 aliphatic heterocycles. The van der Waals surface area contributed by atoms with Gasteiger partial charge >= 0.3 is 0 Å². The highest BCUT2D eigenvalue weighted by atomic mass is 35.5. The van der Waals surface area contributed by atoms with Crippen LogP contribution in [0.1, 0.15) is 6.92 Å². The summed E-state index contributed by atoms with van der Waals surface area (Å²) in [6, 6.07) is 8.75. The maximum atomic E-state index is 11.8. The van der Waals surface area contributed by atoms with Crippen molar-refractivity contribution in [1.29, 1.82) is 0 Å². The first-order chi connectivity index (χ1) is 9.63. The molecule has 2 aromatic rings. The highest BCUT2D eigenvalue weighted by molar-refractivity contribution is 6.30. The quantitative estimate of drug-likeness (QED) is 0.849. The van der Waals surface area contributed by atoms with Gasteiger partial charge in [0.05, 0.1) is 5.02 Å². The summed E-state index contributed by atoms with van der Waals surface area (Å²) in [5.74, 6) is 0.864. The number of amides is 1. The van der Waals surface area contributed by atoms with Crippen LogP contribution < -0.4 is 10.6 Å². The van der Waals surface area contributed by atoms with E-state index in [1.54, 1.807) is 43.5 Å². The number of anilines is 2. The molecule has 2 aromatic heterocycles. The zero-order valence-corrected chi connectivity index (χ0v) is 11.6. The van der Waals surface area contributed by atoms with Crippen LogP contribution in [0, 0.1) is 0 Å². The molecule has 2 heterocycles. The summed E-state index contributed by atoms with van der Waals surface area (Å²) in [5, 5.41) is 6.22. The molecule has 5 nitrogen and oxygen atoms in total. The van der Waals surface area contributed by atoms with Gasteiger partial charge in [-0.2, -0.15) is 0 Å². The fraction of sp³-hybridized carbons (Fsp3) is 0.0714. The van der Waals surface area contributed by atoms with E-state index in [1.165, 1.54) is 12.3 Å². The average molecular weight is 289 g/mol. The minimum Gasteiger partial charge on any atom is -0.344 e. The maximum Gasteiger partial charge on any atom is 0.251 e. The van der Waals surface area contributed by atoms with Crippen molar-refractivity contribution in [2.75, 3.05) is 10.6 Å². The molecule has 2 rings (SSSR count). The molecular formula is C14H13ClN4O. The van der Waals surface area contributed by atoms with Gasteiger partial charge in [0.25, 0.3) is 5.91 Å². The molecule has 0 bridgehead atoms. The number of allylic oxidation sites excluding steroid dienone is 1. The molecule has 2 N–H and O–H groups in total. The summed E-state index contributed by atoms with van der Waals surface area (Å²) >= 11 is 5.75. The Balaban J connectivity index is 1.96. The van der Waals surface area contributed by atoms with Crippen molar-refractivity contribution in [1.82, 2.24) is 9.97 Å². The number of pyridine rings is 2. The van der Waals surface area contributed by atoms with E-state index in [0.717, 1.165) is 0 Å². The molecule has 1 amide bonds. The molecule has 6 heteroatoms. The molecule has 0 atom stereocenters. The molecule has 102 valence electrons. The van der Waals surface area contributed by atoms with Crippen molar-refractivity contribution in [2.45, 2.75) is 6.92 Å². The third-order valence-electron chi connectivity index (χ3n) is 2.32. The van der Waals surface area contributed by atoms with Crippen LogP contribution in [0.3, 0.4) is 0 Å². The van der Waals surface area contributed by atoms with E-state index >= 15 is 0 Å². The summed E-state index contributed by atoms with van der Waals surface area (Å²) in [6.45, 7) is 1.77. The summed E-state index contributed by atoms with van der Waals surface area (Å²) in [5.41, 5.74) is 0.660. The summed E-state index contributed by atoms with van der Waals surface area (Å²) in [4.78, 5) is 19.9. The second-order valence-electron chi connectivity index (χ2n) is 4.02. The Bertz CT molecular complexity index is 611. The summed E-state index contributed by atoms with van der Waals surface area (Å²) < 4.78 is 0. The Morgan fingerprint density at radius 3 is 2.60 bits per heavy atom. The molecule has 0 aliphatic carbocycles. The van der Waals surface area contributed by atoms with Crippen molar-refractivity contribution in [3.8, 4) is 0 Å². The Morgan fingerprint density at radius 2 is 1.95 bits per heavy atom. The first kappa shape index (κ1) is 14.0. The van der Waals surface area contributed by atoms with E-state index in [4.69, 9.17) is 11.6 Å². The first-order valence-electron chi connectivity index (χ1n) is 5.92. The molecule has 0 saturated carbocycles. The first-order valence-corrected chi connectivity index (χ1v) is 6.30. The van der Waals surface area contributed by atoms with E-state index in [2.05, 4.69) is 20.6 Å². The van der Waals surface area contributed by atoms with Crippen molar-refractivity contribution >= 4 is 29.1 Å². The second-order valence-corrected chi connectivity index (χ2v) is 4.45. The number of hydrogen-bond donors (Lipinski definition) is 2. The van der Waals surface area contributed by atoms with Gasteiger partial charge in [-0.25, -0.2) is 9.97 Å². The molecule has 0 aromatic carbocycles. The smallest absolute Gasteiger partial charge is 0.251 e. The van der Waals surface area contributed by atoms with Crippen LogP contribution in [0.5, 0.6) is 0 Å². The lowest BCUT2D eigenvalue weighted by atomic mass is 10.3. The van der Waals surface area contributed by atoms with Crippen LogP contribution in [-0.4, -0.2) is 15.9 Å². The second kappa shape index (κ2) is 6.68. The molecular weight excluding hydrogens is 276 g/mol. The lowest BCUT2D eigenvalue weighted by Crippen LogP contribution is -2.11. The lowest BCUT2D eigenvalue weighted by Gasteiger charge is -2.06. The monoisotopic (exact) mass is 288 g/mol. The van der Waals surface area contributed by atoms with E-state index in [9.17, 15) is 4.79 Å². The van der Waals surface area contributed by atoms with Crippen molar-refractivity contribution in [3.05, 3.63) is 59.5 Å². The average Bonchev–Trinajstić information content (AvgIpc) is 2.42. The molecule has 20 heavy (non-hydrogen) atoms. The molecule has 0 spiro atoms. The Morgan fingerprint density at radius 1 is 1.15 bits per heavy atom. The number of aromatic nitrogens is 2. The van der Waals surface area contributed by atoms with Gasteiger partial charge < -0.3 is 10.6 Å². The topological polar surface area (TPSA) is 66.9 Å². The van der Waals surface area contributed by atoms with Crippen molar-refractivity contribution in [3.63, 3.8) is 0 Å². The third-order valence-corrected chi connectivity index (χ3v) is 2.54. The van der Waals surface area contributed by atoms with Gasteiger partial charge in [-0.05, 0) is 31.2 Å². The van der Waals surface area contributed by atoms with Gasteiger partial charge in [0.1, 0.15) is 11.6 Å². The zero-order chi connectivity index (χ0) is 14.4. The predicted octanol–water partition coefficient (Wildman–Crippen LogP) is 3.08. The highest BCUT2D eigenvalue weighted by Crippen LogP contribution is 2.11. The minimum atomic E-state index is -0.261. The number of hydrogen-bond acceptors (Lipinski definition) is 4. The van der Waals surface area contributed by atoms with Crippen LogP contribution in [-0.2, 0) is 4.79 Å². The predicted molar refractivity (Wildman–Crippen MR) is 79.5 cm³/mol. The number of nitrogens with one attached hydrogen (secondary N) is 2. The SMILES string of the molecule is CC(=CC(=O)Nc1ccccn1)Nc1ccc(Cl)cn1. The Hall–Kier alpha value is -2.40. The van der Waals surface area contributed by atoms with Crippen molar-refractivity contribution in [2.24, 2.45) is 0 Å². The maximum absolute atomic E-state index is 11.8. The van der Waals surface area contributed by atoms with Gasteiger partial charge in [-0.1, -0.05) is 17.7 Å². The van der Waals surface area contributed by atoms with Gasteiger partial charge in [-0.15, -0.1) is 0 Å². The molecule has 0 fully saturated rings. The van der Waals surface area contributed by atoms with Crippen LogP contribution in [0.25, 0.3) is 0 Å². The zero-order valence-electron chi connectivity index (χ0n) is 10.8. The van der Waals surface area contributed by atoms with Gasteiger partial charge in [-0.3, -0.25) is 4.79 Å². The highest BCUT2D eigenvalue weighted by Gasteiger charge is 2.01. The Kier molecular flexibility index (Phi) is 4.68. The molecule has 0 unspecified atom stereocenters. The number of nitrogens with zero attached hydrogens (tertiary/aromatic N) is 2. The number of halogens is 1. The van der Waals surface area contributed by atoms with Gasteiger partial charge in [0.15, 0.2) is 0 Å². The fourth-order valence-electron chi connectivity index (χ4n) is 1.48. The minimum absolute atomic E-state index is 0.261. The normalized spacial score (nSPS) is 11.0.